The number of guanidine groups is 1. The van der Waals surface area contributed by atoms with Crippen molar-refractivity contribution in [2.45, 2.75) is 27.2 Å². The second-order valence-corrected chi connectivity index (χ2v) is 7.03. The number of likely N-dealkylation sites (N-methyl/N-ethyl adjacent to an activating group) is 1. The van der Waals surface area contributed by atoms with E-state index < -0.39 is 0 Å². The largest absolute Gasteiger partial charge is 0.496 e. The molecule has 6 heteroatoms. The molecule has 1 fully saturated rings. The summed E-state index contributed by atoms with van der Waals surface area (Å²) in [6, 6.07) is 6.32. The van der Waals surface area contributed by atoms with E-state index in [2.05, 4.69) is 53.3 Å². The minimum Gasteiger partial charge on any atom is -0.496 e. The number of aliphatic imine (C=N–C) groups is 1. The average Bonchev–Trinajstić information content (AvgIpc) is 2.68. The van der Waals surface area contributed by atoms with E-state index in [9.17, 15) is 0 Å². The topological polar surface area (TPSA) is 52.1 Å². The molecule has 0 aromatic heterocycles. The molecule has 1 aliphatic heterocycles. The fraction of sp³-hybridized carbons (Fsp3) is 0.667. The predicted molar refractivity (Wildman–Crippen MR) is 114 cm³/mol. The van der Waals surface area contributed by atoms with Gasteiger partial charge in [-0.2, -0.15) is 0 Å². The molecular weight excluding hydrogens is 338 g/mol. The third-order valence-electron chi connectivity index (χ3n) is 5.07. The van der Waals surface area contributed by atoms with Crippen molar-refractivity contribution >= 4 is 5.96 Å². The first-order chi connectivity index (χ1) is 13.2. The van der Waals surface area contributed by atoms with Crippen LogP contribution in [0.1, 0.15) is 25.0 Å². The highest BCUT2D eigenvalue weighted by Crippen LogP contribution is 2.19. The highest BCUT2D eigenvalue weighted by Gasteiger charge is 2.14. The molecule has 152 valence electrons. The summed E-state index contributed by atoms with van der Waals surface area (Å²) in [7, 11) is 1.73. The van der Waals surface area contributed by atoms with Gasteiger partial charge >= 0.3 is 0 Å². The molecule has 0 spiro atoms. The molecule has 1 aliphatic rings. The summed E-state index contributed by atoms with van der Waals surface area (Å²) in [6.45, 7) is 15.8. The monoisotopic (exact) mass is 375 g/mol. The first kappa shape index (κ1) is 21.5. The quantitative estimate of drug-likeness (QED) is 0.509. The molecule has 0 unspecified atom stereocenters. The van der Waals surface area contributed by atoms with Crippen molar-refractivity contribution in [2.75, 3.05) is 66.0 Å². The highest BCUT2D eigenvalue weighted by molar-refractivity contribution is 5.79. The fourth-order valence-electron chi connectivity index (χ4n) is 3.39. The zero-order chi connectivity index (χ0) is 19.5. The molecule has 0 bridgehead atoms. The van der Waals surface area contributed by atoms with Crippen LogP contribution < -0.4 is 15.4 Å². The minimum atomic E-state index is 0.829. The Hall–Kier alpha value is -1.79. The Kier molecular flexibility index (Phi) is 9.42. The lowest BCUT2D eigenvalue weighted by molar-refractivity contribution is 0.140. The van der Waals surface area contributed by atoms with Gasteiger partial charge in [0.15, 0.2) is 5.96 Å². The van der Waals surface area contributed by atoms with E-state index in [1.54, 1.807) is 7.11 Å². The Labute approximate surface area is 165 Å². The van der Waals surface area contributed by atoms with E-state index >= 15 is 0 Å². The van der Waals surface area contributed by atoms with E-state index in [0.717, 1.165) is 63.9 Å². The fourth-order valence-corrected chi connectivity index (χ4v) is 3.39. The zero-order valence-corrected chi connectivity index (χ0v) is 17.6. The van der Waals surface area contributed by atoms with Gasteiger partial charge in [-0.25, -0.2) is 0 Å². The number of rotatable bonds is 9. The van der Waals surface area contributed by atoms with Crippen molar-refractivity contribution in [1.29, 1.82) is 0 Å². The van der Waals surface area contributed by atoms with Crippen LogP contribution in [0.4, 0.5) is 0 Å². The molecule has 0 atom stereocenters. The summed E-state index contributed by atoms with van der Waals surface area (Å²) < 4.78 is 5.47. The van der Waals surface area contributed by atoms with Gasteiger partial charge in [0.25, 0.3) is 0 Å². The van der Waals surface area contributed by atoms with E-state index in [1.165, 1.54) is 24.2 Å². The van der Waals surface area contributed by atoms with Gasteiger partial charge in [0.05, 0.1) is 13.7 Å². The van der Waals surface area contributed by atoms with E-state index in [0.29, 0.717) is 0 Å². The molecule has 2 N–H and O–H groups in total. The Morgan fingerprint density at radius 3 is 2.52 bits per heavy atom. The first-order valence-electron chi connectivity index (χ1n) is 10.3. The number of ether oxygens (including phenoxy) is 1. The van der Waals surface area contributed by atoms with Crippen LogP contribution >= 0.6 is 0 Å². The maximum absolute atomic E-state index is 5.47. The maximum Gasteiger partial charge on any atom is 0.191 e. The van der Waals surface area contributed by atoms with Gasteiger partial charge < -0.3 is 20.3 Å². The van der Waals surface area contributed by atoms with Crippen LogP contribution in [0, 0.1) is 6.92 Å². The van der Waals surface area contributed by atoms with Crippen molar-refractivity contribution in [1.82, 2.24) is 20.4 Å². The summed E-state index contributed by atoms with van der Waals surface area (Å²) in [5.41, 5.74) is 2.49. The van der Waals surface area contributed by atoms with E-state index in [1.807, 2.05) is 6.07 Å². The molecule has 2 rings (SSSR count). The number of piperazine rings is 1. The molecule has 0 radical (unpaired) electrons. The Balaban J connectivity index is 1.77. The number of nitrogens with zero attached hydrogens (tertiary/aromatic N) is 3. The smallest absolute Gasteiger partial charge is 0.191 e. The van der Waals surface area contributed by atoms with Crippen LogP contribution in [0.5, 0.6) is 5.75 Å². The van der Waals surface area contributed by atoms with Gasteiger partial charge in [-0.1, -0.05) is 24.6 Å². The van der Waals surface area contributed by atoms with Gasteiger partial charge in [-0.15, -0.1) is 0 Å². The number of benzene rings is 1. The summed E-state index contributed by atoms with van der Waals surface area (Å²) >= 11 is 0. The molecule has 0 saturated carbocycles. The first-order valence-corrected chi connectivity index (χ1v) is 10.3. The standard InChI is InChI=1S/C21H37N5O/c1-5-22-21(24-11-12-26-15-13-25(6-2)14-16-26)23-10-9-19-17-18(3)7-8-20(19)27-4/h7-8,17H,5-6,9-16H2,1-4H3,(H2,22,23,24). The van der Waals surface area contributed by atoms with Gasteiger partial charge in [0.1, 0.15) is 5.75 Å². The average molecular weight is 376 g/mol. The highest BCUT2D eigenvalue weighted by atomic mass is 16.5. The van der Waals surface area contributed by atoms with Crippen LogP contribution in [0.25, 0.3) is 0 Å². The number of nitrogens with one attached hydrogen (secondary N) is 2. The second-order valence-electron chi connectivity index (χ2n) is 7.03. The van der Waals surface area contributed by atoms with E-state index in [-0.39, 0.29) is 0 Å². The Morgan fingerprint density at radius 2 is 1.85 bits per heavy atom. The molecule has 1 aromatic carbocycles. The number of hydrogen-bond donors (Lipinski definition) is 2. The summed E-state index contributed by atoms with van der Waals surface area (Å²) in [6.07, 6.45) is 0.911. The lowest BCUT2D eigenvalue weighted by Gasteiger charge is -2.33. The normalized spacial score (nSPS) is 16.4. The van der Waals surface area contributed by atoms with Gasteiger partial charge in [0, 0.05) is 45.8 Å². The lowest BCUT2D eigenvalue weighted by atomic mass is 10.1. The second kappa shape index (κ2) is 11.8. The van der Waals surface area contributed by atoms with Gasteiger partial charge in [0.2, 0.25) is 0 Å². The summed E-state index contributed by atoms with van der Waals surface area (Å²) in [5.74, 6) is 1.85. The van der Waals surface area contributed by atoms with Crippen LogP contribution in [0.2, 0.25) is 0 Å². The predicted octanol–water partition coefficient (Wildman–Crippen LogP) is 1.74. The van der Waals surface area contributed by atoms with Crippen molar-refractivity contribution in [3.05, 3.63) is 29.3 Å². The van der Waals surface area contributed by atoms with Crippen molar-refractivity contribution < 1.29 is 4.74 Å². The minimum absolute atomic E-state index is 0.829. The third-order valence-corrected chi connectivity index (χ3v) is 5.07. The molecule has 1 saturated heterocycles. The maximum atomic E-state index is 5.47. The Bertz CT molecular complexity index is 582. The molecule has 0 aliphatic carbocycles. The third kappa shape index (κ3) is 7.39. The zero-order valence-electron chi connectivity index (χ0n) is 17.6. The van der Waals surface area contributed by atoms with Gasteiger partial charge in [-0.05, 0) is 38.4 Å². The molecule has 27 heavy (non-hydrogen) atoms. The van der Waals surface area contributed by atoms with E-state index in [4.69, 9.17) is 9.73 Å². The lowest BCUT2D eigenvalue weighted by Crippen LogP contribution is -2.47. The summed E-state index contributed by atoms with van der Waals surface area (Å²) in [5, 5.41) is 6.79. The number of aryl methyl sites for hydroxylation is 1. The SMILES string of the molecule is CCNC(=NCCN1CCN(CC)CC1)NCCc1cc(C)ccc1OC. The van der Waals surface area contributed by atoms with Crippen LogP contribution in [0.3, 0.4) is 0 Å². The van der Waals surface area contributed by atoms with Crippen molar-refractivity contribution in [3.8, 4) is 5.75 Å². The molecule has 0 amide bonds. The van der Waals surface area contributed by atoms with Gasteiger partial charge in [-0.3, -0.25) is 9.89 Å². The van der Waals surface area contributed by atoms with Crippen LogP contribution in [0.15, 0.2) is 23.2 Å². The molecular formula is C21H37N5O. The Morgan fingerprint density at radius 1 is 1.11 bits per heavy atom. The number of hydrogen-bond acceptors (Lipinski definition) is 4. The van der Waals surface area contributed by atoms with Crippen molar-refractivity contribution in [2.24, 2.45) is 4.99 Å². The van der Waals surface area contributed by atoms with Crippen LogP contribution in [-0.4, -0.2) is 81.8 Å². The number of methoxy groups -OCH3 is 1. The molecule has 1 heterocycles. The summed E-state index contributed by atoms with van der Waals surface area (Å²) in [4.78, 5) is 9.76. The van der Waals surface area contributed by atoms with Crippen molar-refractivity contribution in [3.63, 3.8) is 0 Å². The molecule has 6 nitrogen and oxygen atoms in total. The molecule has 1 aromatic rings. The van der Waals surface area contributed by atoms with Crippen LogP contribution in [-0.2, 0) is 6.42 Å².